The van der Waals surface area contributed by atoms with E-state index in [1.165, 1.54) is 17.0 Å². The van der Waals surface area contributed by atoms with E-state index >= 15 is 0 Å². The largest absolute Gasteiger partial charge is 0.417 e. The second-order valence-corrected chi connectivity index (χ2v) is 14.3. The number of amides is 2. The van der Waals surface area contributed by atoms with Crippen molar-refractivity contribution in [1.82, 2.24) is 10.2 Å². The van der Waals surface area contributed by atoms with E-state index in [2.05, 4.69) is 21.2 Å². The Labute approximate surface area is 274 Å². The molecule has 0 spiro atoms. The summed E-state index contributed by atoms with van der Waals surface area (Å²) in [6.45, 7) is 2.39. The molecule has 1 atom stereocenters. The molecule has 1 N–H and O–H groups in total. The van der Waals surface area contributed by atoms with Crippen LogP contribution in [0.2, 0.25) is 5.02 Å². The molecule has 4 rings (SSSR count). The summed E-state index contributed by atoms with van der Waals surface area (Å²) >= 11 is 9.24. The van der Waals surface area contributed by atoms with Crippen molar-refractivity contribution in [2.24, 2.45) is 0 Å². The molecule has 1 aliphatic carbocycles. The van der Waals surface area contributed by atoms with Crippen LogP contribution in [-0.4, -0.2) is 43.8 Å². The number of aryl methyl sites for hydroxylation is 1. The molecule has 7 nitrogen and oxygen atoms in total. The van der Waals surface area contributed by atoms with Crippen molar-refractivity contribution in [3.63, 3.8) is 0 Å². The zero-order valence-corrected chi connectivity index (χ0v) is 27.9. The van der Waals surface area contributed by atoms with Crippen LogP contribution in [0.3, 0.4) is 0 Å². The van der Waals surface area contributed by atoms with Gasteiger partial charge < -0.3 is 10.2 Å². The Morgan fingerprint density at radius 1 is 1.02 bits per heavy atom. The van der Waals surface area contributed by atoms with E-state index in [1.807, 2.05) is 0 Å². The number of carbonyl (C=O) groups excluding carboxylic acids is 2. The SMILES string of the molecule is Cc1ccc(S(=O)(=O)N(CC(=O)N(Cc2cccc(Br)c2)[C@H](C)C(=O)NC2CCCCC2)c2ccc(Cl)c(C(F)(F)F)c2)cc1. The highest BCUT2D eigenvalue weighted by molar-refractivity contribution is 9.10. The maximum Gasteiger partial charge on any atom is 0.417 e. The highest BCUT2D eigenvalue weighted by Crippen LogP contribution is 2.38. The van der Waals surface area contributed by atoms with E-state index in [9.17, 15) is 31.2 Å². The second kappa shape index (κ2) is 14.6. The summed E-state index contributed by atoms with van der Waals surface area (Å²) in [6, 6.07) is 14.4. The summed E-state index contributed by atoms with van der Waals surface area (Å²) in [5, 5.41) is 2.40. The molecule has 1 saturated carbocycles. The molecule has 0 radical (unpaired) electrons. The summed E-state index contributed by atoms with van der Waals surface area (Å²) in [5.41, 5.74) is -0.221. The summed E-state index contributed by atoms with van der Waals surface area (Å²) in [6.07, 6.45) is -0.201. The highest BCUT2D eigenvalue weighted by atomic mass is 79.9. The molecule has 242 valence electrons. The number of sulfonamides is 1. The molecule has 0 bridgehead atoms. The van der Waals surface area contributed by atoms with Crippen molar-refractivity contribution in [3.05, 3.63) is 92.9 Å². The third-order valence-corrected chi connectivity index (χ3v) is 10.4. The molecule has 3 aromatic rings. The molecular formula is C32H34BrClF3N3O4S. The van der Waals surface area contributed by atoms with Gasteiger partial charge in [-0.3, -0.25) is 13.9 Å². The zero-order chi connectivity index (χ0) is 32.9. The molecular weight excluding hydrogens is 695 g/mol. The van der Waals surface area contributed by atoms with Crippen LogP contribution in [0.1, 0.15) is 55.7 Å². The van der Waals surface area contributed by atoms with Crippen molar-refractivity contribution in [2.45, 2.75) is 75.7 Å². The number of nitrogens with zero attached hydrogens (tertiary/aromatic N) is 2. The van der Waals surface area contributed by atoms with E-state index in [1.54, 1.807) is 50.2 Å². The Kier molecular flexibility index (Phi) is 11.2. The van der Waals surface area contributed by atoms with Crippen LogP contribution in [0.25, 0.3) is 0 Å². The molecule has 0 heterocycles. The Morgan fingerprint density at radius 2 is 1.69 bits per heavy atom. The lowest BCUT2D eigenvalue weighted by Crippen LogP contribution is -2.53. The molecule has 45 heavy (non-hydrogen) atoms. The van der Waals surface area contributed by atoms with Crippen LogP contribution in [-0.2, 0) is 32.3 Å². The Hall–Kier alpha value is -3.09. The number of halogens is 5. The number of hydrogen-bond donors (Lipinski definition) is 1. The maximum absolute atomic E-state index is 14.1. The first kappa shape index (κ1) is 34.8. The number of benzene rings is 3. The summed E-state index contributed by atoms with van der Waals surface area (Å²) in [4.78, 5) is 28.6. The van der Waals surface area contributed by atoms with Gasteiger partial charge in [0.1, 0.15) is 12.6 Å². The van der Waals surface area contributed by atoms with Crippen molar-refractivity contribution in [1.29, 1.82) is 0 Å². The lowest BCUT2D eigenvalue weighted by molar-refractivity contribution is -0.139. The van der Waals surface area contributed by atoms with Crippen LogP contribution < -0.4 is 9.62 Å². The second-order valence-electron chi connectivity index (χ2n) is 11.2. The van der Waals surface area contributed by atoms with Crippen LogP contribution >= 0.6 is 27.5 Å². The topological polar surface area (TPSA) is 86.8 Å². The molecule has 0 aliphatic heterocycles. The standard InChI is InChI=1S/C32H34BrClF3N3O4S/c1-21-11-14-27(15-12-21)45(43,44)40(26-13-16-29(34)28(18-26)32(35,36)37)20-30(41)39(19-23-7-6-8-24(33)17-23)22(2)31(42)38-25-9-4-3-5-10-25/h6-8,11-18,22,25H,3-5,9-10,19-20H2,1-2H3,(H,38,42)/t22-/m1/s1. The van der Waals surface area contributed by atoms with E-state index in [0.717, 1.165) is 54.3 Å². The minimum absolute atomic E-state index is 0.0372. The van der Waals surface area contributed by atoms with Gasteiger partial charge in [0.05, 0.1) is 21.2 Å². The van der Waals surface area contributed by atoms with E-state index in [-0.39, 0.29) is 17.5 Å². The molecule has 0 aromatic heterocycles. The van der Waals surface area contributed by atoms with Crippen molar-refractivity contribution >= 4 is 55.1 Å². The number of anilines is 1. The van der Waals surface area contributed by atoms with Crippen LogP contribution in [0.5, 0.6) is 0 Å². The quantitative estimate of drug-likeness (QED) is 0.235. The molecule has 2 amide bonds. The average molecular weight is 729 g/mol. The first-order chi connectivity index (χ1) is 21.2. The van der Waals surface area contributed by atoms with Gasteiger partial charge in [0.25, 0.3) is 10.0 Å². The third-order valence-electron chi connectivity index (χ3n) is 7.79. The van der Waals surface area contributed by atoms with E-state index in [0.29, 0.717) is 15.9 Å². The van der Waals surface area contributed by atoms with Gasteiger partial charge in [-0.05, 0) is 74.7 Å². The number of hydrogen-bond acceptors (Lipinski definition) is 4. The normalized spacial score (nSPS) is 14.9. The van der Waals surface area contributed by atoms with Crippen LogP contribution in [0, 0.1) is 6.92 Å². The first-order valence-corrected chi connectivity index (χ1v) is 17.1. The smallest absolute Gasteiger partial charge is 0.352 e. The number of carbonyl (C=O) groups is 2. The molecule has 0 unspecified atom stereocenters. The lowest BCUT2D eigenvalue weighted by atomic mass is 9.95. The predicted molar refractivity (Wildman–Crippen MR) is 171 cm³/mol. The lowest BCUT2D eigenvalue weighted by Gasteiger charge is -2.33. The third kappa shape index (κ3) is 8.80. The van der Waals surface area contributed by atoms with Gasteiger partial charge >= 0.3 is 6.18 Å². The molecule has 0 saturated heterocycles. The van der Waals surface area contributed by atoms with Gasteiger partial charge in [0, 0.05) is 17.1 Å². The molecule has 13 heteroatoms. The minimum Gasteiger partial charge on any atom is -0.352 e. The summed E-state index contributed by atoms with van der Waals surface area (Å²) in [5.74, 6) is -1.18. The van der Waals surface area contributed by atoms with Gasteiger partial charge in [-0.2, -0.15) is 13.2 Å². The van der Waals surface area contributed by atoms with Gasteiger partial charge in [-0.1, -0.05) is 76.6 Å². The summed E-state index contributed by atoms with van der Waals surface area (Å²) < 4.78 is 70.8. The fraction of sp³-hybridized carbons (Fsp3) is 0.375. The Morgan fingerprint density at radius 3 is 2.31 bits per heavy atom. The monoisotopic (exact) mass is 727 g/mol. The molecule has 1 aliphatic rings. The Balaban J connectivity index is 1.75. The first-order valence-electron chi connectivity index (χ1n) is 14.5. The minimum atomic E-state index is -4.88. The van der Waals surface area contributed by atoms with Crippen molar-refractivity contribution in [2.75, 3.05) is 10.8 Å². The maximum atomic E-state index is 14.1. The predicted octanol–water partition coefficient (Wildman–Crippen LogP) is 7.49. The number of alkyl halides is 3. The fourth-order valence-corrected chi connectivity index (χ4v) is 7.31. The van der Waals surface area contributed by atoms with E-state index < -0.39 is 56.9 Å². The highest BCUT2D eigenvalue weighted by Gasteiger charge is 2.37. The van der Waals surface area contributed by atoms with Gasteiger partial charge in [-0.15, -0.1) is 0 Å². The van der Waals surface area contributed by atoms with E-state index in [4.69, 9.17) is 11.6 Å². The fourth-order valence-electron chi connectivity index (χ4n) is 5.24. The number of rotatable bonds is 10. The average Bonchev–Trinajstić information content (AvgIpc) is 2.98. The van der Waals surface area contributed by atoms with Crippen molar-refractivity contribution in [3.8, 4) is 0 Å². The Bertz CT molecular complexity index is 1630. The molecule has 3 aromatic carbocycles. The van der Waals surface area contributed by atoms with Gasteiger partial charge in [0.15, 0.2) is 0 Å². The van der Waals surface area contributed by atoms with Gasteiger partial charge in [0.2, 0.25) is 11.8 Å². The number of nitrogens with one attached hydrogen (secondary N) is 1. The summed E-state index contributed by atoms with van der Waals surface area (Å²) in [7, 11) is -4.56. The van der Waals surface area contributed by atoms with Gasteiger partial charge in [-0.25, -0.2) is 8.42 Å². The van der Waals surface area contributed by atoms with Crippen LogP contribution in [0.4, 0.5) is 18.9 Å². The zero-order valence-electron chi connectivity index (χ0n) is 24.8. The van der Waals surface area contributed by atoms with Crippen molar-refractivity contribution < 1.29 is 31.2 Å². The van der Waals surface area contributed by atoms with Crippen LogP contribution in [0.15, 0.2) is 76.1 Å². The molecule has 1 fully saturated rings.